The van der Waals surface area contributed by atoms with Gasteiger partial charge in [0.1, 0.15) is 17.8 Å². The van der Waals surface area contributed by atoms with Gasteiger partial charge in [-0.2, -0.15) is 0 Å². The highest BCUT2D eigenvalue weighted by Crippen LogP contribution is 2.29. The Balaban J connectivity index is 1.76. The average Bonchev–Trinajstić information content (AvgIpc) is 3.00. The molecule has 0 aliphatic rings. The van der Waals surface area contributed by atoms with Crippen LogP contribution in [0.5, 0.6) is 0 Å². The van der Waals surface area contributed by atoms with Crippen LogP contribution in [0, 0.1) is 13.8 Å². The summed E-state index contributed by atoms with van der Waals surface area (Å²) in [6, 6.07) is 16.7. The van der Waals surface area contributed by atoms with E-state index in [0.29, 0.717) is 0 Å². The smallest absolute Gasteiger partial charge is 0.143 e. The summed E-state index contributed by atoms with van der Waals surface area (Å²) < 4.78 is 1.06. The third-order valence-corrected chi connectivity index (χ3v) is 4.59. The maximum Gasteiger partial charge on any atom is 0.143 e. The molecule has 4 aromatic rings. The standard InChI is InChI=1S/C20H17BrN4/c1-12-7-13(2)9-16(8-12)24-19-17-10-18(25-20(17)23-11-22-19)14-3-5-15(21)6-4-14/h3-11H,1-2H3,(H2,22,23,24,25). The monoisotopic (exact) mass is 392 g/mol. The van der Waals surface area contributed by atoms with Crippen molar-refractivity contribution < 1.29 is 0 Å². The number of fused-ring (bicyclic) bond motifs is 1. The summed E-state index contributed by atoms with van der Waals surface area (Å²) in [7, 11) is 0. The second-order valence-corrected chi connectivity index (χ2v) is 7.09. The molecule has 0 radical (unpaired) electrons. The van der Waals surface area contributed by atoms with Gasteiger partial charge >= 0.3 is 0 Å². The van der Waals surface area contributed by atoms with Gasteiger partial charge in [-0.05, 0) is 60.9 Å². The van der Waals surface area contributed by atoms with Crippen LogP contribution in [0.2, 0.25) is 0 Å². The van der Waals surface area contributed by atoms with Crippen molar-refractivity contribution in [3.8, 4) is 11.3 Å². The predicted octanol–water partition coefficient (Wildman–Crippen LogP) is 5.75. The first-order valence-electron chi connectivity index (χ1n) is 8.03. The Morgan fingerprint density at radius 2 is 1.64 bits per heavy atom. The van der Waals surface area contributed by atoms with E-state index in [-0.39, 0.29) is 0 Å². The molecule has 0 saturated heterocycles. The number of nitrogens with zero attached hydrogens (tertiary/aromatic N) is 2. The number of rotatable bonds is 3. The molecule has 124 valence electrons. The molecule has 2 heterocycles. The van der Waals surface area contributed by atoms with Crippen LogP contribution in [-0.4, -0.2) is 15.0 Å². The van der Waals surface area contributed by atoms with E-state index in [1.54, 1.807) is 6.33 Å². The van der Waals surface area contributed by atoms with Crippen molar-refractivity contribution in [1.82, 2.24) is 15.0 Å². The number of aromatic nitrogens is 3. The summed E-state index contributed by atoms with van der Waals surface area (Å²) in [6.07, 6.45) is 1.58. The maximum atomic E-state index is 4.43. The molecule has 25 heavy (non-hydrogen) atoms. The Bertz CT molecular complexity index is 1030. The van der Waals surface area contributed by atoms with E-state index in [9.17, 15) is 0 Å². The molecule has 0 amide bonds. The minimum absolute atomic E-state index is 0.801. The molecular formula is C20H17BrN4. The number of benzene rings is 2. The molecule has 0 aliphatic carbocycles. The number of hydrogen-bond acceptors (Lipinski definition) is 3. The second kappa shape index (κ2) is 6.33. The first-order chi connectivity index (χ1) is 12.1. The number of nitrogens with one attached hydrogen (secondary N) is 2. The number of anilines is 2. The SMILES string of the molecule is Cc1cc(C)cc(Nc2ncnc3[nH]c(-c4ccc(Br)cc4)cc23)c1. The van der Waals surface area contributed by atoms with E-state index in [1.165, 1.54) is 11.1 Å². The summed E-state index contributed by atoms with van der Waals surface area (Å²) in [5.74, 6) is 0.801. The Labute approximate surface area is 154 Å². The molecule has 0 spiro atoms. The lowest BCUT2D eigenvalue weighted by Gasteiger charge is -2.08. The number of halogens is 1. The second-order valence-electron chi connectivity index (χ2n) is 6.18. The number of hydrogen-bond donors (Lipinski definition) is 2. The zero-order chi connectivity index (χ0) is 17.4. The summed E-state index contributed by atoms with van der Waals surface area (Å²) in [4.78, 5) is 12.2. The van der Waals surface area contributed by atoms with Crippen LogP contribution in [0.1, 0.15) is 11.1 Å². The number of H-pyrrole nitrogens is 1. The highest BCUT2D eigenvalue weighted by Gasteiger charge is 2.10. The van der Waals surface area contributed by atoms with Gasteiger partial charge in [0.2, 0.25) is 0 Å². The van der Waals surface area contributed by atoms with Crippen molar-refractivity contribution in [1.29, 1.82) is 0 Å². The molecule has 0 aliphatic heterocycles. The molecule has 4 nitrogen and oxygen atoms in total. The zero-order valence-corrected chi connectivity index (χ0v) is 15.6. The highest BCUT2D eigenvalue weighted by atomic mass is 79.9. The van der Waals surface area contributed by atoms with Gasteiger partial charge in [0, 0.05) is 15.9 Å². The first-order valence-corrected chi connectivity index (χ1v) is 8.83. The Kier molecular flexibility index (Phi) is 4.01. The van der Waals surface area contributed by atoms with Crippen LogP contribution in [0.15, 0.2) is 59.3 Å². The quantitative estimate of drug-likeness (QED) is 0.466. The van der Waals surface area contributed by atoms with Crippen molar-refractivity contribution in [2.45, 2.75) is 13.8 Å². The molecule has 2 aromatic carbocycles. The van der Waals surface area contributed by atoms with Gasteiger partial charge in [0.25, 0.3) is 0 Å². The van der Waals surface area contributed by atoms with E-state index < -0.39 is 0 Å². The van der Waals surface area contributed by atoms with E-state index in [4.69, 9.17) is 0 Å². The summed E-state index contributed by atoms with van der Waals surface area (Å²) in [5, 5.41) is 4.40. The van der Waals surface area contributed by atoms with E-state index in [0.717, 1.165) is 38.3 Å². The molecule has 0 bridgehead atoms. The maximum absolute atomic E-state index is 4.43. The molecule has 2 N–H and O–H groups in total. The van der Waals surface area contributed by atoms with Crippen LogP contribution in [-0.2, 0) is 0 Å². The van der Waals surface area contributed by atoms with Crippen LogP contribution < -0.4 is 5.32 Å². The lowest BCUT2D eigenvalue weighted by Crippen LogP contribution is -1.96. The normalized spacial score (nSPS) is 11.0. The Hall–Kier alpha value is -2.66. The highest BCUT2D eigenvalue weighted by molar-refractivity contribution is 9.10. The largest absolute Gasteiger partial charge is 0.340 e. The third kappa shape index (κ3) is 3.28. The molecule has 0 saturated carbocycles. The van der Waals surface area contributed by atoms with E-state index >= 15 is 0 Å². The lowest BCUT2D eigenvalue weighted by atomic mass is 10.1. The van der Waals surface area contributed by atoms with Crippen LogP contribution in [0.3, 0.4) is 0 Å². The fourth-order valence-corrected chi connectivity index (χ4v) is 3.27. The zero-order valence-electron chi connectivity index (χ0n) is 14.0. The van der Waals surface area contributed by atoms with Crippen molar-refractivity contribution in [3.05, 3.63) is 70.5 Å². The van der Waals surface area contributed by atoms with Gasteiger partial charge in [0.15, 0.2) is 0 Å². The number of aryl methyl sites for hydroxylation is 2. The van der Waals surface area contributed by atoms with Gasteiger partial charge in [0.05, 0.1) is 5.39 Å². The molecule has 5 heteroatoms. The van der Waals surface area contributed by atoms with Crippen molar-refractivity contribution in [2.24, 2.45) is 0 Å². The summed E-state index contributed by atoms with van der Waals surface area (Å²) in [6.45, 7) is 4.19. The topological polar surface area (TPSA) is 53.6 Å². The molecular weight excluding hydrogens is 376 g/mol. The summed E-state index contributed by atoms with van der Waals surface area (Å²) >= 11 is 3.47. The predicted molar refractivity (Wildman–Crippen MR) is 106 cm³/mol. The number of aromatic amines is 1. The van der Waals surface area contributed by atoms with Gasteiger partial charge in [-0.15, -0.1) is 0 Å². The minimum Gasteiger partial charge on any atom is -0.340 e. The third-order valence-electron chi connectivity index (χ3n) is 4.07. The van der Waals surface area contributed by atoms with Gasteiger partial charge in [-0.1, -0.05) is 34.1 Å². The van der Waals surface area contributed by atoms with Crippen molar-refractivity contribution >= 4 is 38.5 Å². The van der Waals surface area contributed by atoms with Crippen molar-refractivity contribution in [3.63, 3.8) is 0 Å². The van der Waals surface area contributed by atoms with Crippen molar-refractivity contribution in [2.75, 3.05) is 5.32 Å². The Morgan fingerprint density at radius 1 is 0.920 bits per heavy atom. The van der Waals surface area contributed by atoms with E-state index in [2.05, 4.69) is 86.4 Å². The first kappa shape index (κ1) is 15.8. The fraction of sp³-hybridized carbons (Fsp3) is 0.100. The molecule has 4 rings (SSSR count). The van der Waals surface area contributed by atoms with Gasteiger partial charge < -0.3 is 10.3 Å². The molecule has 0 unspecified atom stereocenters. The molecule has 0 atom stereocenters. The lowest BCUT2D eigenvalue weighted by molar-refractivity contribution is 1.20. The minimum atomic E-state index is 0.801. The van der Waals surface area contributed by atoms with Crippen LogP contribution in [0.4, 0.5) is 11.5 Å². The Morgan fingerprint density at radius 3 is 2.36 bits per heavy atom. The molecule has 0 fully saturated rings. The van der Waals surface area contributed by atoms with Gasteiger partial charge in [-0.25, -0.2) is 9.97 Å². The average molecular weight is 393 g/mol. The fourth-order valence-electron chi connectivity index (χ4n) is 3.01. The van der Waals surface area contributed by atoms with Crippen LogP contribution in [0.25, 0.3) is 22.3 Å². The summed E-state index contributed by atoms with van der Waals surface area (Å²) in [5.41, 5.74) is 6.42. The molecule has 2 aromatic heterocycles. The van der Waals surface area contributed by atoms with E-state index in [1.807, 2.05) is 12.1 Å². The van der Waals surface area contributed by atoms with Gasteiger partial charge in [-0.3, -0.25) is 0 Å². The van der Waals surface area contributed by atoms with Crippen LogP contribution >= 0.6 is 15.9 Å².